The molecule has 0 amide bonds. The molecule has 2 aromatic rings. The molecular formula is C16H26FN6O5P. The summed E-state index contributed by atoms with van der Waals surface area (Å²) in [6.07, 6.45) is -4.13. The second-order valence-electron chi connectivity index (χ2n) is 7.41. The predicted octanol–water partition coefficient (Wildman–Crippen LogP) is 1.63. The maximum atomic E-state index is 15.4. The summed E-state index contributed by atoms with van der Waals surface area (Å²) in [5.74, 6) is -0.0517. The number of ether oxygens (including phenoxy) is 2. The molecule has 0 spiro atoms. The molecule has 3 heterocycles. The maximum Gasteiger partial charge on any atom is 0.331 e. The van der Waals surface area contributed by atoms with Gasteiger partial charge in [0.2, 0.25) is 5.95 Å². The fourth-order valence-electron chi connectivity index (χ4n) is 2.90. The van der Waals surface area contributed by atoms with Crippen LogP contribution in [0.4, 0.5) is 16.2 Å². The van der Waals surface area contributed by atoms with E-state index in [2.05, 4.69) is 15.0 Å². The molecule has 0 bridgehead atoms. The van der Waals surface area contributed by atoms with E-state index in [0.717, 1.165) is 0 Å². The Morgan fingerprint density at radius 1 is 1.34 bits per heavy atom. The van der Waals surface area contributed by atoms with E-state index in [1.165, 1.54) is 24.7 Å². The van der Waals surface area contributed by atoms with Gasteiger partial charge in [0.15, 0.2) is 23.9 Å². The SMILES string of the molecule is CC(C)OC[C@H]1O[C@@H](n2cnc3c(N)nc(N)nc32)[C@@H](F)C1OP(=O)(O)C(C)C. The molecule has 13 heteroatoms. The van der Waals surface area contributed by atoms with Gasteiger partial charge in [0.1, 0.15) is 17.7 Å². The number of hydrogen-bond donors (Lipinski definition) is 3. The van der Waals surface area contributed by atoms with Gasteiger partial charge in [0.05, 0.1) is 24.7 Å². The highest BCUT2D eigenvalue weighted by molar-refractivity contribution is 7.53. The number of nitrogens with two attached hydrogens (primary N) is 2. The van der Waals surface area contributed by atoms with Crippen LogP contribution in [-0.4, -0.2) is 61.2 Å². The minimum Gasteiger partial charge on any atom is -0.382 e. The zero-order chi connectivity index (χ0) is 21.5. The van der Waals surface area contributed by atoms with Crippen molar-refractivity contribution >= 4 is 30.5 Å². The van der Waals surface area contributed by atoms with E-state index in [4.69, 9.17) is 25.5 Å². The zero-order valence-electron chi connectivity index (χ0n) is 16.6. The molecule has 1 fully saturated rings. The van der Waals surface area contributed by atoms with Crippen LogP contribution in [0.3, 0.4) is 0 Å². The minimum atomic E-state index is -4.07. The highest BCUT2D eigenvalue weighted by Crippen LogP contribution is 2.51. The zero-order valence-corrected chi connectivity index (χ0v) is 17.5. The number of aromatic nitrogens is 4. The van der Waals surface area contributed by atoms with E-state index in [9.17, 15) is 9.46 Å². The fraction of sp³-hybridized carbons (Fsp3) is 0.688. The first-order chi connectivity index (χ1) is 13.5. The molecule has 0 aliphatic carbocycles. The Kier molecular flexibility index (Phi) is 6.11. The number of anilines is 2. The molecule has 1 aliphatic heterocycles. The van der Waals surface area contributed by atoms with Crippen molar-refractivity contribution in [1.29, 1.82) is 0 Å². The van der Waals surface area contributed by atoms with Gasteiger partial charge < -0.3 is 25.8 Å². The van der Waals surface area contributed by atoms with Crippen LogP contribution in [0.2, 0.25) is 0 Å². The van der Waals surface area contributed by atoms with Gasteiger partial charge in [-0.3, -0.25) is 13.7 Å². The van der Waals surface area contributed by atoms with Crippen LogP contribution in [0.1, 0.15) is 33.9 Å². The molecule has 0 saturated carbocycles. The lowest BCUT2D eigenvalue weighted by Crippen LogP contribution is -2.35. The summed E-state index contributed by atoms with van der Waals surface area (Å²) in [4.78, 5) is 22.1. The molecule has 5 N–H and O–H groups in total. The quantitative estimate of drug-likeness (QED) is 0.548. The monoisotopic (exact) mass is 432 g/mol. The number of nitrogen functional groups attached to an aromatic ring is 2. The average molecular weight is 432 g/mol. The number of halogens is 1. The van der Waals surface area contributed by atoms with Crippen molar-refractivity contribution in [2.75, 3.05) is 18.1 Å². The summed E-state index contributed by atoms with van der Waals surface area (Å²) < 4.78 is 45.8. The van der Waals surface area contributed by atoms with Crippen LogP contribution < -0.4 is 11.5 Å². The van der Waals surface area contributed by atoms with E-state index in [0.29, 0.717) is 0 Å². The summed E-state index contributed by atoms with van der Waals surface area (Å²) in [6, 6.07) is 0. The lowest BCUT2D eigenvalue weighted by molar-refractivity contribution is -0.0720. The maximum absolute atomic E-state index is 15.4. The molecule has 5 atom stereocenters. The fourth-order valence-corrected chi connectivity index (χ4v) is 3.75. The largest absolute Gasteiger partial charge is 0.382 e. The number of imidazole rings is 1. The van der Waals surface area contributed by atoms with Crippen LogP contribution in [0.15, 0.2) is 6.33 Å². The minimum absolute atomic E-state index is 0.0246. The number of hydrogen-bond acceptors (Lipinski definition) is 9. The highest BCUT2D eigenvalue weighted by Gasteiger charge is 2.50. The second-order valence-corrected chi connectivity index (χ2v) is 9.78. The van der Waals surface area contributed by atoms with Crippen LogP contribution in [0, 0.1) is 0 Å². The van der Waals surface area contributed by atoms with Crippen LogP contribution >= 0.6 is 7.60 Å². The molecule has 3 rings (SSSR count). The third kappa shape index (κ3) is 4.36. The Morgan fingerprint density at radius 2 is 2.03 bits per heavy atom. The Morgan fingerprint density at radius 3 is 2.66 bits per heavy atom. The summed E-state index contributed by atoms with van der Waals surface area (Å²) in [7, 11) is -4.07. The van der Waals surface area contributed by atoms with Gasteiger partial charge in [-0.15, -0.1) is 0 Å². The standard InChI is InChI=1S/C16H26FN6O5P/c1-7(2)26-5-9-12(28-29(24,25)8(3)4)10(17)15(27-9)23-6-20-11-13(18)21-16(19)22-14(11)23/h6-10,12,15H,5H2,1-4H3,(H,24,25)(H4,18,19,21,22)/t9-,10+,12?,15-/m1/s1. The summed E-state index contributed by atoms with van der Waals surface area (Å²) in [5.41, 5.74) is 11.2. The Hall–Kier alpha value is -1.85. The van der Waals surface area contributed by atoms with Gasteiger partial charge in [-0.1, -0.05) is 13.8 Å². The summed E-state index contributed by atoms with van der Waals surface area (Å²) >= 11 is 0. The number of nitrogens with zero attached hydrogens (tertiary/aromatic N) is 4. The van der Waals surface area contributed by atoms with Crippen molar-refractivity contribution in [1.82, 2.24) is 19.5 Å². The van der Waals surface area contributed by atoms with Crippen molar-refractivity contribution in [2.45, 2.75) is 64.1 Å². The first-order valence-corrected chi connectivity index (χ1v) is 10.8. The topological polar surface area (TPSA) is 161 Å². The first-order valence-electron chi connectivity index (χ1n) is 9.18. The first kappa shape index (κ1) is 21.8. The second kappa shape index (κ2) is 8.11. The van der Waals surface area contributed by atoms with Crippen LogP contribution in [0.25, 0.3) is 11.2 Å². The third-order valence-corrected chi connectivity index (χ3v) is 6.38. The Balaban J connectivity index is 1.95. The van der Waals surface area contributed by atoms with Crippen molar-refractivity contribution in [3.05, 3.63) is 6.33 Å². The van der Waals surface area contributed by atoms with E-state index in [1.807, 2.05) is 13.8 Å². The van der Waals surface area contributed by atoms with E-state index < -0.39 is 37.9 Å². The van der Waals surface area contributed by atoms with Crippen molar-refractivity contribution < 1.29 is 27.8 Å². The molecule has 2 aromatic heterocycles. The molecule has 1 saturated heterocycles. The summed E-state index contributed by atoms with van der Waals surface area (Å²) in [5, 5.41) is 0. The molecule has 2 unspecified atom stereocenters. The molecule has 0 radical (unpaired) electrons. The van der Waals surface area contributed by atoms with Gasteiger partial charge in [-0.2, -0.15) is 9.97 Å². The summed E-state index contributed by atoms with van der Waals surface area (Å²) in [6.45, 7) is 6.64. The number of alkyl halides is 1. The lowest BCUT2D eigenvalue weighted by atomic mass is 10.1. The smallest absolute Gasteiger partial charge is 0.331 e. The van der Waals surface area contributed by atoms with Gasteiger partial charge >= 0.3 is 7.60 Å². The van der Waals surface area contributed by atoms with Crippen LogP contribution in [0.5, 0.6) is 0 Å². The molecule has 29 heavy (non-hydrogen) atoms. The number of rotatable bonds is 7. The van der Waals surface area contributed by atoms with Crippen molar-refractivity contribution in [3.8, 4) is 0 Å². The molecule has 1 aliphatic rings. The van der Waals surface area contributed by atoms with Gasteiger partial charge in [0, 0.05) is 0 Å². The molecule has 11 nitrogen and oxygen atoms in total. The van der Waals surface area contributed by atoms with E-state index in [-0.39, 0.29) is 35.6 Å². The van der Waals surface area contributed by atoms with Gasteiger partial charge in [-0.25, -0.2) is 9.37 Å². The molecular weight excluding hydrogens is 406 g/mol. The highest BCUT2D eigenvalue weighted by atomic mass is 31.2. The van der Waals surface area contributed by atoms with Crippen molar-refractivity contribution in [2.24, 2.45) is 0 Å². The van der Waals surface area contributed by atoms with Crippen LogP contribution in [-0.2, 0) is 18.6 Å². The third-order valence-electron chi connectivity index (χ3n) is 4.53. The van der Waals surface area contributed by atoms with E-state index >= 15 is 4.39 Å². The Labute approximate surface area is 167 Å². The van der Waals surface area contributed by atoms with Gasteiger partial charge in [-0.05, 0) is 13.8 Å². The normalized spacial score (nSPS) is 27.2. The lowest BCUT2D eigenvalue weighted by Gasteiger charge is -2.25. The Bertz CT molecular complexity index is 925. The van der Waals surface area contributed by atoms with E-state index in [1.54, 1.807) is 0 Å². The predicted molar refractivity (Wildman–Crippen MR) is 104 cm³/mol. The van der Waals surface area contributed by atoms with Gasteiger partial charge in [0.25, 0.3) is 0 Å². The van der Waals surface area contributed by atoms with Crippen molar-refractivity contribution in [3.63, 3.8) is 0 Å². The average Bonchev–Trinajstić information content (AvgIpc) is 3.15. The molecule has 162 valence electrons. The number of fused-ring (bicyclic) bond motifs is 1. The molecule has 0 aromatic carbocycles.